The Morgan fingerprint density at radius 1 is 0.750 bits per heavy atom. The van der Waals surface area contributed by atoms with Gasteiger partial charge >= 0.3 is 11.9 Å². The van der Waals surface area contributed by atoms with Gasteiger partial charge in [-0.2, -0.15) is 0 Å². The highest BCUT2D eigenvalue weighted by atomic mass is 16.6. The van der Waals surface area contributed by atoms with Gasteiger partial charge in [0.1, 0.15) is 0 Å². The van der Waals surface area contributed by atoms with E-state index in [2.05, 4.69) is 0 Å². The normalized spacial score (nSPS) is 13.0. The Morgan fingerprint density at radius 3 is 1.57 bits per heavy atom. The lowest BCUT2D eigenvalue weighted by Gasteiger charge is -2.14. The first-order chi connectivity index (χ1) is 13.5. The van der Waals surface area contributed by atoms with E-state index < -0.39 is 24.4 Å². The van der Waals surface area contributed by atoms with Crippen molar-refractivity contribution in [3.8, 4) is 0 Å². The van der Waals surface area contributed by atoms with Crippen molar-refractivity contribution in [2.24, 2.45) is 22.9 Å². The minimum atomic E-state index is -0.692. The Labute approximate surface area is 166 Å². The van der Waals surface area contributed by atoms with Crippen LogP contribution < -0.4 is 22.9 Å². The van der Waals surface area contributed by atoms with Crippen molar-refractivity contribution in [1.82, 2.24) is 0 Å². The first kappa shape index (κ1) is 24.0. The van der Waals surface area contributed by atoms with Crippen molar-refractivity contribution in [2.45, 2.75) is 63.8 Å². The van der Waals surface area contributed by atoms with Gasteiger partial charge in [-0.1, -0.05) is 18.9 Å². The Morgan fingerprint density at radius 2 is 1.18 bits per heavy atom. The lowest BCUT2D eigenvalue weighted by molar-refractivity contribution is 0.0291. The second kappa shape index (κ2) is 14.1. The van der Waals surface area contributed by atoms with Gasteiger partial charge in [0.25, 0.3) is 0 Å². The zero-order chi connectivity index (χ0) is 20.8. The number of carbonyl (C=O) groups excluding carboxylic acids is 2. The maximum Gasteiger partial charge on any atom is 0.339 e. The van der Waals surface area contributed by atoms with Crippen LogP contribution in [0.2, 0.25) is 0 Å². The third-order valence-electron chi connectivity index (χ3n) is 4.24. The molecule has 0 amide bonds. The molecule has 0 saturated carbocycles. The number of hydrogen-bond donors (Lipinski definition) is 4. The molecule has 0 aliphatic heterocycles. The fourth-order valence-corrected chi connectivity index (χ4v) is 2.64. The summed E-state index contributed by atoms with van der Waals surface area (Å²) < 4.78 is 10.5. The van der Waals surface area contributed by atoms with Crippen LogP contribution in [0.5, 0.6) is 0 Å². The molecule has 0 aliphatic rings. The van der Waals surface area contributed by atoms with E-state index in [-0.39, 0.29) is 11.1 Å². The molecule has 2 atom stereocenters. The van der Waals surface area contributed by atoms with E-state index in [1.807, 2.05) is 0 Å². The van der Waals surface area contributed by atoms with Gasteiger partial charge in [0.05, 0.1) is 11.1 Å². The molecule has 8 heteroatoms. The van der Waals surface area contributed by atoms with Crippen LogP contribution in [0.15, 0.2) is 24.3 Å². The minimum absolute atomic E-state index is 0.239. The fraction of sp³-hybridized carbons (Fsp3) is 0.600. The highest BCUT2D eigenvalue weighted by Gasteiger charge is 2.17. The maximum atomic E-state index is 12.2. The number of rotatable bonds is 14. The largest absolute Gasteiger partial charge is 0.443 e. The SMILES string of the molecule is NCCCCCC(N)OC(=O)c1cccc(C(=O)OC(N)CCCCCN)c1. The van der Waals surface area contributed by atoms with Crippen LogP contribution in [0.1, 0.15) is 72.1 Å². The smallest absolute Gasteiger partial charge is 0.339 e. The molecule has 0 radical (unpaired) electrons. The van der Waals surface area contributed by atoms with Gasteiger partial charge in [0.15, 0.2) is 12.5 Å². The zero-order valence-corrected chi connectivity index (χ0v) is 16.5. The lowest BCUT2D eigenvalue weighted by Crippen LogP contribution is -2.28. The van der Waals surface area contributed by atoms with Crippen LogP contribution in [0, 0.1) is 0 Å². The molecule has 8 nitrogen and oxygen atoms in total. The van der Waals surface area contributed by atoms with E-state index in [0.29, 0.717) is 25.9 Å². The second-order valence-electron chi connectivity index (χ2n) is 6.74. The maximum absolute atomic E-state index is 12.2. The van der Waals surface area contributed by atoms with Gasteiger partial charge in [-0.25, -0.2) is 9.59 Å². The van der Waals surface area contributed by atoms with Crippen molar-refractivity contribution in [3.63, 3.8) is 0 Å². The molecule has 8 N–H and O–H groups in total. The van der Waals surface area contributed by atoms with Crippen LogP contribution in [0.25, 0.3) is 0 Å². The predicted octanol–water partition coefficient (Wildman–Crippen LogP) is 1.61. The van der Waals surface area contributed by atoms with Gasteiger partial charge in [-0.3, -0.25) is 11.5 Å². The summed E-state index contributed by atoms with van der Waals surface area (Å²) in [5.74, 6) is -1.15. The first-order valence-electron chi connectivity index (χ1n) is 9.91. The summed E-state index contributed by atoms with van der Waals surface area (Å²) in [5.41, 5.74) is 23.0. The third kappa shape index (κ3) is 9.80. The summed E-state index contributed by atoms with van der Waals surface area (Å²) in [5, 5.41) is 0. The van der Waals surface area contributed by atoms with E-state index in [4.69, 9.17) is 32.4 Å². The molecule has 2 unspecified atom stereocenters. The van der Waals surface area contributed by atoms with E-state index in [1.165, 1.54) is 6.07 Å². The molecule has 1 aromatic rings. The minimum Gasteiger partial charge on any atom is -0.443 e. The first-order valence-corrected chi connectivity index (χ1v) is 9.91. The number of benzene rings is 1. The number of carbonyl (C=O) groups is 2. The van der Waals surface area contributed by atoms with Crippen LogP contribution in [-0.4, -0.2) is 37.5 Å². The molecule has 0 fully saturated rings. The van der Waals surface area contributed by atoms with Crippen LogP contribution in [0.4, 0.5) is 0 Å². The summed E-state index contributed by atoms with van der Waals surface area (Å²) >= 11 is 0. The molecule has 0 bridgehead atoms. The summed E-state index contributed by atoms with van der Waals surface area (Å²) in [6.45, 7) is 1.27. The average molecular weight is 395 g/mol. The Hall–Kier alpha value is -2.00. The van der Waals surface area contributed by atoms with Crippen LogP contribution in [-0.2, 0) is 9.47 Å². The van der Waals surface area contributed by atoms with Crippen molar-refractivity contribution in [1.29, 1.82) is 0 Å². The molecule has 0 aliphatic carbocycles. The molecule has 0 saturated heterocycles. The number of ether oxygens (including phenoxy) is 2. The highest BCUT2D eigenvalue weighted by Crippen LogP contribution is 2.12. The summed E-state index contributed by atoms with van der Waals surface area (Å²) in [6, 6.07) is 6.14. The van der Waals surface area contributed by atoms with Gasteiger partial charge in [-0.05, 0) is 69.8 Å². The quantitative estimate of drug-likeness (QED) is 0.210. The molecule has 158 valence electrons. The predicted molar refractivity (Wildman–Crippen MR) is 108 cm³/mol. The molecule has 0 aromatic heterocycles. The van der Waals surface area contributed by atoms with Gasteiger partial charge in [-0.15, -0.1) is 0 Å². The molecule has 0 spiro atoms. The Bertz CT molecular complexity index is 550. The Balaban J connectivity index is 2.50. The molecule has 0 heterocycles. The molecular weight excluding hydrogens is 360 g/mol. The Kier molecular flexibility index (Phi) is 12.1. The van der Waals surface area contributed by atoms with Crippen molar-refractivity contribution in [2.75, 3.05) is 13.1 Å². The van der Waals surface area contributed by atoms with Crippen LogP contribution >= 0.6 is 0 Å². The average Bonchev–Trinajstić information content (AvgIpc) is 2.68. The van der Waals surface area contributed by atoms with Crippen molar-refractivity contribution >= 4 is 11.9 Å². The van der Waals surface area contributed by atoms with Crippen molar-refractivity contribution in [3.05, 3.63) is 35.4 Å². The van der Waals surface area contributed by atoms with E-state index in [0.717, 1.165) is 38.5 Å². The van der Waals surface area contributed by atoms with E-state index >= 15 is 0 Å². The standard InChI is InChI=1S/C20H34N4O4/c21-12-5-1-3-10-17(23)27-19(25)15-8-7-9-16(14-15)20(26)28-18(24)11-4-2-6-13-22/h7-9,14,17-18H,1-6,10-13,21-24H2. The summed E-state index contributed by atoms with van der Waals surface area (Å²) in [4.78, 5) is 24.5. The molecule has 1 aromatic carbocycles. The van der Waals surface area contributed by atoms with Gasteiger partial charge < -0.3 is 20.9 Å². The van der Waals surface area contributed by atoms with E-state index in [9.17, 15) is 9.59 Å². The summed E-state index contributed by atoms with van der Waals surface area (Å²) in [7, 11) is 0. The number of nitrogens with two attached hydrogens (primary N) is 4. The van der Waals surface area contributed by atoms with Crippen molar-refractivity contribution < 1.29 is 19.1 Å². The number of unbranched alkanes of at least 4 members (excludes halogenated alkanes) is 4. The third-order valence-corrected chi connectivity index (χ3v) is 4.24. The molecule has 28 heavy (non-hydrogen) atoms. The van der Waals surface area contributed by atoms with Gasteiger partial charge in [0.2, 0.25) is 0 Å². The number of esters is 2. The van der Waals surface area contributed by atoms with E-state index in [1.54, 1.807) is 18.2 Å². The zero-order valence-electron chi connectivity index (χ0n) is 16.5. The lowest BCUT2D eigenvalue weighted by atomic mass is 10.1. The molecule has 1 rings (SSSR count). The highest BCUT2D eigenvalue weighted by molar-refractivity contribution is 5.95. The topological polar surface area (TPSA) is 157 Å². The molecular formula is C20H34N4O4. The second-order valence-corrected chi connectivity index (χ2v) is 6.74. The summed E-state index contributed by atoms with van der Waals surface area (Å²) in [6.07, 6.45) is 5.12. The van der Waals surface area contributed by atoms with Gasteiger partial charge in [0, 0.05) is 0 Å². The fourth-order valence-electron chi connectivity index (χ4n) is 2.64. The number of hydrogen-bond acceptors (Lipinski definition) is 8. The monoisotopic (exact) mass is 394 g/mol. The van der Waals surface area contributed by atoms with Crippen LogP contribution in [0.3, 0.4) is 0 Å².